The van der Waals surface area contributed by atoms with Gasteiger partial charge in [0.1, 0.15) is 11.4 Å². The summed E-state index contributed by atoms with van der Waals surface area (Å²) in [6, 6.07) is 12.3. The van der Waals surface area contributed by atoms with Crippen molar-refractivity contribution in [3.63, 3.8) is 0 Å². The Bertz CT molecular complexity index is 950. The summed E-state index contributed by atoms with van der Waals surface area (Å²) in [5.41, 5.74) is 2.57. The maximum Gasteiger partial charge on any atom is 0.308 e. The van der Waals surface area contributed by atoms with Crippen LogP contribution in [0.25, 0.3) is 16.9 Å². The van der Waals surface area contributed by atoms with Gasteiger partial charge in [-0.2, -0.15) is 5.10 Å². The lowest BCUT2D eigenvalue weighted by molar-refractivity contribution is -0.131. The average Bonchev–Trinajstić information content (AvgIpc) is 2.84. The standard InChI is InChI=1S/C18H13Cl3N2O2/c1-10-18(25-11(2)24)17(12-3-5-13(19)6-4-12)23(22-10)16-8-7-14(20)9-15(16)21/h3-9H,1-2H3. The maximum absolute atomic E-state index is 11.5. The number of aryl methyl sites for hydroxylation is 1. The van der Waals surface area contributed by atoms with E-state index in [4.69, 9.17) is 39.5 Å². The molecule has 2 aromatic carbocycles. The summed E-state index contributed by atoms with van der Waals surface area (Å²) in [6.07, 6.45) is 0. The van der Waals surface area contributed by atoms with E-state index in [1.165, 1.54) is 6.92 Å². The summed E-state index contributed by atoms with van der Waals surface area (Å²) < 4.78 is 7.04. The lowest BCUT2D eigenvalue weighted by atomic mass is 10.1. The van der Waals surface area contributed by atoms with Crippen molar-refractivity contribution < 1.29 is 9.53 Å². The van der Waals surface area contributed by atoms with E-state index in [2.05, 4.69) is 5.10 Å². The second-order valence-electron chi connectivity index (χ2n) is 5.37. The average molecular weight is 396 g/mol. The van der Waals surface area contributed by atoms with Crippen LogP contribution in [0.1, 0.15) is 12.6 Å². The number of hydrogen-bond donors (Lipinski definition) is 0. The monoisotopic (exact) mass is 394 g/mol. The number of hydrogen-bond acceptors (Lipinski definition) is 3. The number of halogens is 3. The third-order valence-electron chi connectivity index (χ3n) is 3.51. The Labute approximate surface area is 159 Å². The van der Waals surface area contributed by atoms with E-state index in [9.17, 15) is 4.79 Å². The van der Waals surface area contributed by atoms with E-state index in [0.717, 1.165) is 5.56 Å². The Kier molecular flexibility index (Phi) is 5.04. The zero-order valence-corrected chi connectivity index (χ0v) is 15.7. The van der Waals surface area contributed by atoms with Gasteiger partial charge in [-0.15, -0.1) is 0 Å². The zero-order chi connectivity index (χ0) is 18.1. The summed E-state index contributed by atoms with van der Waals surface area (Å²) in [7, 11) is 0. The molecule has 0 fully saturated rings. The van der Waals surface area contributed by atoms with Gasteiger partial charge in [0.05, 0.1) is 10.7 Å². The van der Waals surface area contributed by atoms with Crippen molar-refractivity contribution in [2.75, 3.05) is 0 Å². The van der Waals surface area contributed by atoms with Crippen molar-refractivity contribution in [2.45, 2.75) is 13.8 Å². The number of esters is 1. The Balaban J connectivity index is 2.28. The molecular weight excluding hydrogens is 383 g/mol. The molecule has 3 aromatic rings. The van der Waals surface area contributed by atoms with Crippen molar-refractivity contribution in [2.24, 2.45) is 0 Å². The second-order valence-corrected chi connectivity index (χ2v) is 6.65. The molecule has 0 aliphatic heterocycles. The van der Waals surface area contributed by atoms with Gasteiger partial charge in [-0.25, -0.2) is 4.68 Å². The molecule has 0 radical (unpaired) electrons. The van der Waals surface area contributed by atoms with Gasteiger partial charge in [0.25, 0.3) is 0 Å². The molecule has 0 spiro atoms. The SMILES string of the molecule is CC(=O)Oc1c(C)nn(-c2ccc(Cl)cc2Cl)c1-c1ccc(Cl)cc1. The van der Waals surface area contributed by atoms with Crippen LogP contribution >= 0.6 is 34.8 Å². The molecule has 128 valence electrons. The molecule has 0 amide bonds. The van der Waals surface area contributed by atoms with E-state index >= 15 is 0 Å². The van der Waals surface area contributed by atoms with Crippen LogP contribution in [0.2, 0.25) is 15.1 Å². The van der Waals surface area contributed by atoms with E-state index < -0.39 is 5.97 Å². The van der Waals surface area contributed by atoms with Gasteiger partial charge in [-0.05, 0) is 37.3 Å². The molecule has 0 aliphatic rings. The van der Waals surface area contributed by atoms with Crippen LogP contribution in [0.15, 0.2) is 42.5 Å². The lowest BCUT2D eigenvalue weighted by Crippen LogP contribution is -2.04. The number of benzene rings is 2. The number of rotatable bonds is 3. The Morgan fingerprint density at radius 1 is 1.04 bits per heavy atom. The molecule has 0 bridgehead atoms. The summed E-state index contributed by atoms with van der Waals surface area (Å²) in [5.74, 6) is -0.0547. The van der Waals surface area contributed by atoms with Gasteiger partial charge in [-0.3, -0.25) is 4.79 Å². The predicted octanol–water partition coefficient (Wildman–Crippen LogP) is 5.73. The molecule has 0 unspecified atom stereocenters. The maximum atomic E-state index is 11.5. The normalized spacial score (nSPS) is 10.8. The molecule has 0 saturated carbocycles. The smallest absolute Gasteiger partial charge is 0.308 e. The molecule has 7 heteroatoms. The largest absolute Gasteiger partial charge is 0.422 e. The fraction of sp³-hybridized carbons (Fsp3) is 0.111. The second kappa shape index (κ2) is 7.08. The molecule has 3 rings (SSSR count). The third kappa shape index (κ3) is 3.66. The number of carbonyl (C=O) groups excluding carboxylic acids is 1. The molecule has 0 atom stereocenters. The first-order valence-corrected chi connectivity index (χ1v) is 8.49. The van der Waals surface area contributed by atoms with Crippen LogP contribution in [0.3, 0.4) is 0 Å². The minimum Gasteiger partial charge on any atom is -0.422 e. The Hall–Kier alpha value is -2.01. The summed E-state index contributed by atoms with van der Waals surface area (Å²) in [4.78, 5) is 11.5. The fourth-order valence-electron chi connectivity index (χ4n) is 2.47. The van der Waals surface area contributed by atoms with Crippen LogP contribution < -0.4 is 4.74 Å². The zero-order valence-electron chi connectivity index (χ0n) is 13.4. The van der Waals surface area contributed by atoms with Crippen LogP contribution in [0, 0.1) is 6.92 Å². The van der Waals surface area contributed by atoms with Crippen LogP contribution in [0.5, 0.6) is 5.75 Å². The van der Waals surface area contributed by atoms with Gasteiger partial charge in [0.15, 0.2) is 5.75 Å². The van der Waals surface area contributed by atoms with E-state index in [-0.39, 0.29) is 0 Å². The number of ether oxygens (including phenoxy) is 1. The molecule has 0 saturated heterocycles. The Morgan fingerprint density at radius 2 is 1.68 bits per heavy atom. The highest BCUT2D eigenvalue weighted by Crippen LogP contribution is 2.37. The fourth-order valence-corrected chi connectivity index (χ4v) is 3.08. The molecule has 1 aromatic heterocycles. The van der Waals surface area contributed by atoms with Crippen LogP contribution in [-0.4, -0.2) is 15.7 Å². The van der Waals surface area contributed by atoms with Crippen molar-refractivity contribution >= 4 is 40.8 Å². The van der Waals surface area contributed by atoms with Crippen molar-refractivity contribution in [3.05, 3.63) is 63.2 Å². The van der Waals surface area contributed by atoms with E-state index in [1.807, 2.05) is 12.1 Å². The van der Waals surface area contributed by atoms with Gasteiger partial charge in [0, 0.05) is 22.5 Å². The van der Waals surface area contributed by atoms with Crippen molar-refractivity contribution in [1.82, 2.24) is 9.78 Å². The minimum absolute atomic E-state index is 0.376. The predicted molar refractivity (Wildman–Crippen MR) is 100 cm³/mol. The molecule has 4 nitrogen and oxygen atoms in total. The molecule has 1 heterocycles. The van der Waals surface area contributed by atoms with E-state index in [0.29, 0.717) is 37.9 Å². The first-order valence-electron chi connectivity index (χ1n) is 7.36. The number of aromatic nitrogens is 2. The molecule has 0 aliphatic carbocycles. The Morgan fingerprint density at radius 3 is 2.28 bits per heavy atom. The quantitative estimate of drug-likeness (QED) is 0.532. The third-order valence-corrected chi connectivity index (χ3v) is 4.30. The highest BCUT2D eigenvalue weighted by Gasteiger charge is 2.22. The molecule has 25 heavy (non-hydrogen) atoms. The minimum atomic E-state index is -0.430. The molecule has 0 N–H and O–H groups in total. The van der Waals surface area contributed by atoms with Gasteiger partial charge in [0.2, 0.25) is 0 Å². The summed E-state index contributed by atoms with van der Waals surface area (Å²) in [5, 5.41) is 6.05. The van der Waals surface area contributed by atoms with Crippen LogP contribution in [-0.2, 0) is 4.79 Å². The number of carbonyl (C=O) groups is 1. The summed E-state index contributed by atoms with van der Waals surface area (Å²) in [6.45, 7) is 3.11. The van der Waals surface area contributed by atoms with Crippen molar-refractivity contribution in [1.29, 1.82) is 0 Å². The highest BCUT2D eigenvalue weighted by molar-refractivity contribution is 6.35. The first kappa shape index (κ1) is 17.8. The van der Waals surface area contributed by atoms with Crippen molar-refractivity contribution in [3.8, 4) is 22.7 Å². The summed E-state index contributed by atoms with van der Waals surface area (Å²) >= 11 is 18.3. The highest BCUT2D eigenvalue weighted by atomic mass is 35.5. The van der Waals surface area contributed by atoms with E-state index in [1.54, 1.807) is 41.9 Å². The number of nitrogens with zero attached hydrogens (tertiary/aromatic N) is 2. The van der Waals surface area contributed by atoms with Crippen LogP contribution in [0.4, 0.5) is 0 Å². The van der Waals surface area contributed by atoms with Gasteiger partial charge in [-0.1, -0.05) is 46.9 Å². The first-order chi connectivity index (χ1) is 11.9. The topological polar surface area (TPSA) is 44.1 Å². The molecular formula is C18H13Cl3N2O2. The lowest BCUT2D eigenvalue weighted by Gasteiger charge is -2.11. The van der Waals surface area contributed by atoms with Gasteiger partial charge < -0.3 is 4.74 Å². The van der Waals surface area contributed by atoms with Gasteiger partial charge >= 0.3 is 5.97 Å².